The summed E-state index contributed by atoms with van der Waals surface area (Å²) in [7, 11) is 0. The lowest BCUT2D eigenvalue weighted by molar-refractivity contribution is -0.0793. The zero-order valence-electron chi connectivity index (χ0n) is 25.8. The molecule has 2 unspecified atom stereocenters. The number of carbonyl (C=O) groups excluding carboxylic acids is 2. The van der Waals surface area contributed by atoms with Crippen LogP contribution in [0.2, 0.25) is 0 Å². The summed E-state index contributed by atoms with van der Waals surface area (Å²) >= 11 is 0. The normalized spacial score (nSPS) is 21.1. The van der Waals surface area contributed by atoms with Crippen molar-refractivity contribution in [3.63, 3.8) is 0 Å². The Balaban J connectivity index is 0.831. The van der Waals surface area contributed by atoms with Crippen LogP contribution in [0, 0.1) is 5.92 Å². The van der Waals surface area contributed by atoms with Crippen molar-refractivity contribution in [1.29, 1.82) is 0 Å². The molecule has 46 heavy (non-hydrogen) atoms. The fourth-order valence-electron chi connectivity index (χ4n) is 8.26. The number of amides is 2. The van der Waals surface area contributed by atoms with E-state index in [9.17, 15) is 9.59 Å². The number of hydrogen-bond acceptors (Lipinski definition) is 5. The number of morpholine rings is 1. The Morgan fingerprint density at radius 1 is 0.652 bits per heavy atom. The summed E-state index contributed by atoms with van der Waals surface area (Å²) in [5.41, 5.74) is 9.69. The van der Waals surface area contributed by atoms with Gasteiger partial charge in [0.25, 0.3) is 0 Å². The molecule has 7 heteroatoms. The fourth-order valence-corrected chi connectivity index (χ4v) is 8.26. The number of nitrogens with one attached hydrogen (secondary N) is 1. The Kier molecular flexibility index (Phi) is 7.70. The zero-order valence-corrected chi connectivity index (χ0v) is 25.8. The SMILES string of the molecule is O=C(NCCC1CC2COCC(C1)N2C(=O)OCC1c2ccccc2-c2ccccc21)OCC1c2ccccc2-c2ccccc21. The van der Waals surface area contributed by atoms with Gasteiger partial charge in [0.2, 0.25) is 0 Å². The minimum Gasteiger partial charge on any atom is -0.449 e. The van der Waals surface area contributed by atoms with Gasteiger partial charge in [0.15, 0.2) is 0 Å². The molecule has 8 rings (SSSR count). The van der Waals surface area contributed by atoms with E-state index < -0.39 is 0 Å². The highest BCUT2D eigenvalue weighted by Gasteiger charge is 2.43. The van der Waals surface area contributed by atoms with Crippen molar-refractivity contribution in [3.05, 3.63) is 119 Å². The Morgan fingerprint density at radius 2 is 1.09 bits per heavy atom. The molecule has 0 aromatic heterocycles. The van der Waals surface area contributed by atoms with Crippen LogP contribution in [-0.4, -0.2) is 62.1 Å². The van der Waals surface area contributed by atoms with E-state index in [1.165, 1.54) is 44.5 Å². The second-order valence-electron chi connectivity index (χ2n) is 12.9. The molecule has 4 aromatic carbocycles. The molecular weight excluding hydrogens is 576 g/mol. The van der Waals surface area contributed by atoms with Gasteiger partial charge in [0.1, 0.15) is 13.2 Å². The number of piperidine rings is 1. The predicted molar refractivity (Wildman–Crippen MR) is 176 cm³/mol. The van der Waals surface area contributed by atoms with Crippen LogP contribution in [0.4, 0.5) is 9.59 Å². The summed E-state index contributed by atoms with van der Waals surface area (Å²) in [6, 6.07) is 33.4. The predicted octanol–water partition coefficient (Wildman–Crippen LogP) is 7.34. The van der Waals surface area contributed by atoms with Crippen LogP contribution in [0.5, 0.6) is 0 Å². The van der Waals surface area contributed by atoms with Crippen molar-refractivity contribution in [2.24, 2.45) is 5.92 Å². The zero-order chi connectivity index (χ0) is 31.0. The van der Waals surface area contributed by atoms with Gasteiger partial charge in [-0.25, -0.2) is 9.59 Å². The van der Waals surface area contributed by atoms with E-state index in [2.05, 4.69) is 78.1 Å². The third kappa shape index (κ3) is 5.22. The van der Waals surface area contributed by atoms with E-state index in [0.717, 1.165) is 19.3 Å². The van der Waals surface area contributed by atoms with Gasteiger partial charge in [0, 0.05) is 18.4 Å². The molecule has 2 aliphatic heterocycles. The monoisotopic (exact) mass is 614 g/mol. The molecule has 234 valence electrons. The van der Waals surface area contributed by atoms with Crippen LogP contribution < -0.4 is 5.32 Å². The van der Waals surface area contributed by atoms with Crippen molar-refractivity contribution in [2.75, 3.05) is 33.0 Å². The highest BCUT2D eigenvalue weighted by atomic mass is 16.6. The number of rotatable bonds is 7. The third-order valence-electron chi connectivity index (χ3n) is 10.3. The molecule has 1 N–H and O–H groups in total. The minimum absolute atomic E-state index is 0.0254. The number of benzene rings is 4. The molecule has 2 saturated heterocycles. The number of ether oxygens (including phenoxy) is 3. The molecule has 2 heterocycles. The Hall–Kier alpha value is -4.62. The first-order chi connectivity index (χ1) is 22.7. The fraction of sp³-hybridized carbons (Fsp3) is 0.333. The average Bonchev–Trinajstić information content (AvgIpc) is 3.58. The van der Waals surface area contributed by atoms with Crippen LogP contribution in [0.25, 0.3) is 22.3 Å². The van der Waals surface area contributed by atoms with E-state index in [1.54, 1.807) is 0 Å². The van der Waals surface area contributed by atoms with Gasteiger partial charge in [0.05, 0.1) is 25.3 Å². The molecule has 7 nitrogen and oxygen atoms in total. The van der Waals surface area contributed by atoms with E-state index in [4.69, 9.17) is 14.2 Å². The molecule has 4 aromatic rings. The second-order valence-corrected chi connectivity index (χ2v) is 12.9. The molecule has 0 radical (unpaired) electrons. The first-order valence-corrected chi connectivity index (χ1v) is 16.5. The smallest absolute Gasteiger partial charge is 0.410 e. The van der Waals surface area contributed by atoms with Gasteiger partial charge in [-0.05, 0) is 69.7 Å². The second kappa shape index (κ2) is 12.3. The molecule has 2 atom stereocenters. The van der Waals surface area contributed by atoms with E-state index in [0.29, 0.717) is 38.9 Å². The Morgan fingerprint density at radius 3 is 1.57 bits per heavy atom. The molecule has 2 fully saturated rings. The summed E-state index contributed by atoms with van der Waals surface area (Å²) in [6.45, 7) is 2.18. The van der Waals surface area contributed by atoms with Gasteiger partial charge < -0.3 is 19.5 Å². The van der Waals surface area contributed by atoms with Crippen molar-refractivity contribution in [2.45, 2.75) is 43.2 Å². The van der Waals surface area contributed by atoms with Crippen molar-refractivity contribution < 1.29 is 23.8 Å². The highest BCUT2D eigenvalue weighted by molar-refractivity contribution is 5.80. The first-order valence-electron chi connectivity index (χ1n) is 16.5. The minimum atomic E-state index is -0.388. The standard InChI is InChI=1S/C39H38N2O5/c42-38(45-23-36-32-13-5-1-9-28(32)29-10-2-6-14-33(29)36)40-18-17-25-19-26-21-44-22-27(20-25)41(26)39(43)46-24-37-34-15-7-3-11-30(34)31-12-4-8-16-35(31)37/h1-16,25-27,36-37H,17-24H2,(H,40,42). The number of hydrogen-bond donors (Lipinski definition) is 1. The largest absolute Gasteiger partial charge is 0.449 e. The van der Waals surface area contributed by atoms with Crippen molar-refractivity contribution in [1.82, 2.24) is 10.2 Å². The molecule has 2 amide bonds. The van der Waals surface area contributed by atoms with Crippen LogP contribution in [-0.2, 0) is 14.2 Å². The third-order valence-corrected chi connectivity index (χ3v) is 10.3. The maximum atomic E-state index is 13.5. The lowest BCUT2D eigenvalue weighted by Crippen LogP contribution is -2.59. The molecule has 0 saturated carbocycles. The maximum Gasteiger partial charge on any atom is 0.410 e. The Bertz CT molecular complexity index is 1670. The summed E-state index contributed by atoms with van der Waals surface area (Å²) in [5.74, 6) is 0.458. The average molecular weight is 615 g/mol. The number of fused-ring (bicyclic) bond motifs is 8. The van der Waals surface area contributed by atoms with Crippen LogP contribution in [0.1, 0.15) is 53.4 Å². The molecule has 4 aliphatic rings. The van der Waals surface area contributed by atoms with Gasteiger partial charge >= 0.3 is 12.2 Å². The summed E-state index contributed by atoms with van der Waals surface area (Å²) in [5, 5.41) is 2.97. The van der Waals surface area contributed by atoms with E-state index in [1.807, 2.05) is 29.2 Å². The van der Waals surface area contributed by atoms with E-state index in [-0.39, 0.29) is 36.1 Å². The molecular formula is C39H38N2O5. The quantitative estimate of drug-likeness (QED) is 0.236. The lowest BCUT2D eigenvalue weighted by atomic mass is 9.83. The summed E-state index contributed by atoms with van der Waals surface area (Å²) in [6.07, 6.45) is 1.84. The van der Waals surface area contributed by atoms with Gasteiger partial charge in [-0.15, -0.1) is 0 Å². The van der Waals surface area contributed by atoms with Gasteiger partial charge in [-0.2, -0.15) is 0 Å². The molecule has 2 aliphatic carbocycles. The Labute approximate surface area is 269 Å². The summed E-state index contributed by atoms with van der Waals surface area (Å²) < 4.78 is 17.6. The number of nitrogens with zero attached hydrogens (tertiary/aromatic N) is 1. The van der Waals surface area contributed by atoms with Gasteiger partial charge in [-0.3, -0.25) is 4.90 Å². The number of alkyl carbamates (subject to hydrolysis) is 1. The van der Waals surface area contributed by atoms with Crippen LogP contribution in [0.3, 0.4) is 0 Å². The first kappa shape index (κ1) is 28.8. The topological polar surface area (TPSA) is 77.1 Å². The van der Waals surface area contributed by atoms with Crippen LogP contribution >= 0.6 is 0 Å². The highest BCUT2D eigenvalue weighted by Crippen LogP contribution is 2.46. The van der Waals surface area contributed by atoms with Crippen molar-refractivity contribution >= 4 is 12.2 Å². The summed E-state index contributed by atoms with van der Waals surface area (Å²) in [4.78, 5) is 28.1. The van der Waals surface area contributed by atoms with Gasteiger partial charge in [-0.1, -0.05) is 97.1 Å². The maximum absolute atomic E-state index is 13.5. The molecule has 0 spiro atoms. The lowest BCUT2D eigenvalue weighted by Gasteiger charge is -2.47. The van der Waals surface area contributed by atoms with E-state index >= 15 is 0 Å². The van der Waals surface area contributed by atoms with Crippen molar-refractivity contribution in [3.8, 4) is 22.3 Å². The van der Waals surface area contributed by atoms with Crippen LogP contribution in [0.15, 0.2) is 97.1 Å². The molecule has 2 bridgehead atoms. The number of carbonyl (C=O) groups is 2.